The summed E-state index contributed by atoms with van der Waals surface area (Å²) in [6.45, 7) is 9.89. The summed E-state index contributed by atoms with van der Waals surface area (Å²) in [5.41, 5.74) is 2.24. The van der Waals surface area contributed by atoms with Crippen LogP contribution in [-0.2, 0) is 14.3 Å². The Kier molecular flexibility index (Phi) is 8.50. The van der Waals surface area contributed by atoms with Crippen molar-refractivity contribution in [3.8, 4) is 11.5 Å². The van der Waals surface area contributed by atoms with E-state index in [4.69, 9.17) is 14.2 Å². The van der Waals surface area contributed by atoms with Crippen molar-refractivity contribution in [2.24, 2.45) is 0 Å². The first kappa shape index (κ1) is 25.8. The number of aryl methyl sites for hydroxylation is 2. The molecule has 2 aromatic rings. The summed E-state index contributed by atoms with van der Waals surface area (Å²) >= 11 is 0. The van der Waals surface area contributed by atoms with Gasteiger partial charge in [0.15, 0.2) is 11.4 Å². The number of amides is 1. The van der Waals surface area contributed by atoms with E-state index in [0.29, 0.717) is 0 Å². The number of nitrogens with zero attached hydrogens (tertiary/aromatic N) is 1. The molecule has 8 nitrogen and oxygen atoms in total. The van der Waals surface area contributed by atoms with Crippen LogP contribution in [0.25, 0.3) is 0 Å². The van der Waals surface area contributed by atoms with Crippen LogP contribution < -0.4 is 14.8 Å². The first-order valence-corrected chi connectivity index (χ1v) is 10.5. The minimum Gasteiger partial charge on any atom is -0.493 e. The smallest absolute Gasteiger partial charge is 0.328 e. The molecule has 0 aliphatic rings. The molecule has 0 saturated heterocycles. The second kappa shape index (κ2) is 10.9. The number of nitrogens with one attached hydrogen (secondary N) is 1. The standard InChI is InChI=1S/C24H29FN2O6/c1-12-10-18(25)11-13(2)20(12)14(3)16(5)32-24(30)15(4)27-23(29)21-22(33-17(6)28)19(31-7)8-9-26-21/h8-11,14-16H,1-7H3,(H,27,29)/t14?,15-,16?/m0/s1. The van der Waals surface area contributed by atoms with Crippen LogP contribution in [-0.4, -0.2) is 42.1 Å². The number of pyridine rings is 1. The van der Waals surface area contributed by atoms with Crippen molar-refractivity contribution < 1.29 is 33.0 Å². The lowest BCUT2D eigenvalue weighted by molar-refractivity contribution is -0.151. The van der Waals surface area contributed by atoms with Gasteiger partial charge in [-0.2, -0.15) is 0 Å². The lowest BCUT2D eigenvalue weighted by Gasteiger charge is -2.25. The highest BCUT2D eigenvalue weighted by molar-refractivity contribution is 5.98. The molecule has 3 atom stereocenters. The van der Waals surface area contributed by atoms with E-state index in [1.807, 2.05) is 6.92 Å². The fourth-order valence-corrected chi connectivity index (χ4v) is 3.58. The van der Waals surface area contributed by atoms with Gasteiger partial charge in [0.1, 0.15) is 18.0 Å². The number of methoxy groups -OCH3 is 1. The summed E-state index contributed by atoms with van der Waals surface area (Å²) in [6, 6.07) is 3.31. The van der Waals surface area contributed by atoms with E-state index in [2.05, 4.69) is 10.3 Å². The van der Waals surface area contributed by atoms with Gasteiger partial charge >= 0.3 is 11.9 Å². The van der Waals surface area contributed by atoms with Gasteiger partial charge in [-0.25, -0.2) is 14.2 Å². The Morgan fingerprint density at radius 3 is 2.24 bits per heavy atom. The summed E-state index contributed by atoms with van der Waals surface area (Å²) in [5.74, 6) is -2.56. The summed E-state index contributed by atoms with van der Waals surface area (Å²) in [7, 11) is 1.36. The van der Waals surface area contributed by atoms with Gasteiger partial charge in [0.05, 0.1) is 7.11 Å². The maximum absolute atomic E-state index is 13.6. The molecule has 0 radical (unpaired) electrons. The van der Waals surface area contributed by atoms with Crippen molar-refractivity contribution in [3.05, 3.63) is 52.6 Å². The zero-order valence-electron chi connectivity index (χ0n) is 19.8. The van der Waals surface area contributed by atoms with Crippen LogP contribution in [0, 0.1) is 19.7 Å². The molecule has 9 heteroatoms. The Morgan fingerprint density at radius 1 is 1.09 bits per heavy atom. The molecule has 0 aliphatic carbocycles. The quantitative estimate of drug-likeness (QED) is 0.600. The lowest BCUT2D eigenvalue weighted by atomic mass is 9.88. The van der Waals surface area contributed by atoms with Crippen molar-refractivity contribution in [1.29, 1.82) is 0 Å². The molecule has 1 aromatic carbocycles. The molecule has 1 aromatic heterocycles. The Bertz CT molecular complexity index is 1030. The van der Waals surface area contributed by atoms with Crippen LogP contribution in [0.2, 0.25) is 0 Å². The maximum Gasteiger partial charge on any atom is 0.328 e. The average Bonchev–Trinajstić information content (AvgIpc) is 2.72. The Labute approximate surface area is 192 Å². The van der Waals surface area contributed by atoms with Crippen molar-refractivity contribution in [2.75, 3.05) is 7.11 Å². The van der Waals surface area contributed by atoms with Crippen LogP contribution in [0.1, 0.15) is 60.8 Å². The predicted octanol–water partition coefficient (Wildman–Crippen LogP) is 3.63. The number of benzene rings is 1. The van der Waals surface area contributed by atoms with Crippen LogP contribution >= 0.6 is 0 Å². The molecule has 2 unspecified atom stereocenters. The van der Waals surface area contributed by atoms with E-state index in [-0.39, 0.29) is 28.9 Å². The first-order chi connectivity index (χ1) is 15.5. The molecular formula is C24H29FN2O6. The van der Waals surface area contributed by atoms with Crippen molar-refractivity contribution in [1.82, 2.24) is 10.3 Å². The van der Waals surface area contributed by atoms with E-state index in [1.165, 1.54) is 45.4 Å². The summed E-state index contributed by atoms with van der Waals surface area (Å²) < 4.78 is 29.4. The van der Waals surface area contributed by atoms with Gasteiger partial charge in [0.25, 0.3) is 5.91 Å². The number of carbonyl (C=O) groups is 3. The summed E-state index contributed by atoms with van der Waals surface area (Å²) in [5, 5.41) is 2.50. The van der Waals surface area contributed by atoms with E-state index in [1.54, 1.807) is 20.8 Å². The molecule has 0 aliphatic heterocycles. The van der Waals surface area contributed by atoms with E-state index >= 15 is 0 Å². The molecule has 0 bridgehead atoms. The lowest BCUT2D eigenvalue weighted by Crippen LogP contribution is -2.41. The van der Waals surface area contributed by atoms with Gasteiger partial charge in [-0.05, 0) is 56.5 Å². The van der Waals surface area contributed by atoms with Gasteiger partial charge in [-0.3, -0.25) is 9.59 Å². The molecule has 0 spiro atoms. The first-order valence-electron chi connectivity index (χ1n) is 10.5. The summed E-state index contributed by atoms with van der Waals surface area (Å²) in [4.78, 5) is 40.7. The molecule has 1 amide bonds. The van der Waals surface area contributed by atoms with Crippen LogP contribution in [0.4, 0.5) is 4.39 Å². The molecule has 1 heterocycles. The van der Waals surface area contributed by atoms with E-state index < -0.39 is 30.0 Å². The molecule has 33 heavy (non-hydrogen) atoms. The number of carbonyl (C=O) groups excluding carboxylic acids is 3. The topological polar surface area (TPSA) is 104 Å². The molecule has 178 valence electrons. The maximum atomic E-state index is 13.6. The Balaban J connectivity index is 2.12. The second-order valence-corrected chi connectivity index (χ2v) is 7.86. The highest BCUT2D eigenvalue weighted by Gasteiger charge is 2.27. The zero-order valence-corrected chi connectivity index (χ0v) is 19.8. The molecule has 0 saturated carbocycles. The number of hydrogen-bond acceptors (Lipinski definition) is 7. The van der Waals surface area contributed by atoms with Crippen molar-refractivity contribution >= 4 is 17.8 Å². The number of hydrogen-bond donors (Lipinski definition) is 1. The Morgan fingerprint density at radius 2 is 1.70 bits per heavy atom. The summed E-state index contributed by atoms with van der Waals surface area (Å²) in [6.07, 6.45) is 0.784. The van der Waals surface area contributed by atoms with Gasteiger partial charge < -0.3 is 19.5 Å². The number of halogens is 1. The van der Waals surface area contributed by atoms with E-state index in [9.17, 15) is 18.8 Å². The third-order valence-corrected chi connectivity index (χ3v) is 5.27. The van der Waals surface area contributed by atoms with Crippen molar-refractivity contribution in [2.45, 2.75) is 59.6 Å². The number of rotatable bonds is 8. The fourth-order valence-electron chi connectivity index (χ4n) is 3.58. The normalized spacial score (nSPS) is 13.5. The number of aromatic nitrogens is 1. The fraction of sp³-hybridized carbons (Fsp3) is 0.417. The molecule has 0 fully saturated rings. The zero-order chi connectivity index (χ0) is 24.9. The third-order valence-electron chi connectivity index (χ3n) is 5.27. The minimum atomic E-state index is -1.01. The number of ether oxygens (including phenoxy) is 3. The van der Waals surface area contributed by atoms with Crippen LogP contribution in [0.5, 0.6) is 11.5 Å². The SMILES string of the molecule is COc1ccnc(C(=O)N[C@@H](C)C(=O)OC(C)C(C)c2c(C)cc(F)cc2C)c1OC(C)=O. The monoisotopic (exact) mass is 460 g/mol. The molecular weight excluding hydrogens is 431 g/mol. The Hall–Kier alpha value is -3.49. The predicted molar refractivity (Wildman–Crippen MR) is 119 cm³/mol. The van der Waals surface area contributed by atoms with Gasteiger partial charge in [0.2, 0.25) is 5.75 Å². The molecule has 2 rings (SSSR count). The second-order valence-electron chi connectivity index (χ2n) is 7.86. The van der Waals surface area contributed by atoms with Gasteiger partial charge in [-0.1, -0.05) is 6.92 Å². The molecule has 1 N–H and O–H groups in total. The largest absolute Gasteiger partial charge is 0.493 e. The van der Waals surface area contributed by atoms with Gasteiger partial charge in [0, 0.05) is 25.1 Å². The van der Waals surface area contributed by atoms with E-state index in [0.717, 1.165) is 16.7 Å². The van der Waals surface area contributed by atoms with Crippen LogP contribution in [0.3, 0.4) is 0 Å². The third kappa shape index (κ3) is 6.27. The van der Waals surface area contributed by atoms with Crippen molar-refractivity contribution in [3.63, 3.8) is 0 Å². The minimum absolute atomic E-state index is 0.144. The van der Waals surface area contributed by atoms with Crippen LogP contribution in [0.15, 0.2) is 24.4 Å². The number of esters is 2. The van der Waals surface area contributed by atoms with Gasteiger partial charge in [-0.15, -0.1) is 0 Å². The average molecular weight is 461 g/mol. The highest BCUT2D eigenvalue weighted by Crippen LogP contribution is 2.30. The highest BCUT2D eigenvalue weighted by atomic mass is 19.1.